The molecule has 8 heteroatoms. The number of hydrogen-bond donors (Lipinski definition) is 2. The molecule has 0 unspecified atom stereocenters. The van der Waals surface area contributed by atoms with Gasteiger partial charge in [-0.25, -0.2) is 4.98 Å². The van der Waals surface area contributed by atoms with Gasteiger partial charge in [0.05, 0.1) is 12.7 Å². The molecule has 0 amide bonds. The van der Waals surface area contributed by atoms with E-state index in [-0.39, 0.29) is 5.95 Å². The molecule has 2 heterocycles. The third kappa shape index (κ3) is 2.19. The van der Waals surface area contributed by atoms with Gasteiger partial charge in [-0.3, -0.25) is 0 Å². The lowest BCUT2D eigenvalue weighted by atomic mass is 10.5. The lowest BCUT2D eigenvalue weighted by Gasteiger charge is -2.06. The van der Waals surface area contributed by atoms with E-state index in [2.05, 4.69) is 25.5 Å². The Hall–Kier alpha value is -1.89. The highest BCUT2D eigenvalue weighted by atomic mass is 35.5. The van der Waals surface area contributed by atoms with Crippen LogP contribution in [0.1, 0.15) is 5.82 Å². The van der Waals surface area contributed by atoms with Gasteiger partial charge in [0.1, 0.15) is 11.3 Å². The standard InChI is InChI=1S/C8H10ClN7/c1-16-4-13-15-6(16)3-11-7-5(9)2-12-8(10)14-7/h2,4H,3H2,1H3,(H3,10,11,12,14). The average molecular weight is 240 g/mol. The Kier molecular flexibility index (Phi) is 2.86. The van der Waals surface area contributed by atoms with Crippen LogP contribution in [-0.4, -0.2) is 24.7 Å². The number of hydrogen-bond acceptors (Lipinski definition) is 6. The zero-order chi connectivity index (χ0) is 11.5. The molecule has 16 heavy (non-hydrogen) atoms. The van der Waals surface area contributed by atoms with Gasteiger partial charge in [0.15, 0.2) is 11.6 Å². The molecule has 7 nitrogen and oxygen atoms in total. The van der Waals surface area contributed by atoms with Crippen molar-refractivity contribution in [2.45, 2.75) is 6.54 Å². The fraction of sp³-hybridized carbons (Fsp3) is 0.250. The first-order valence-corrected chi connectivity index (χ1v) is 4.89. The van der Waals surface area contributed by atoms with Gasteiger partial charge in [0, 0.05) is 7.05 Å². The van der Waals surface area contributed by atoms with Gasteiger partial charge in [-0.15, -0.1) is 10.2 Å². The van der Waals surface area contributed by atoms with Crippen LogP contribution in [0.5, 0.6) is 0 Å². The van der Waals surface area contributed by atoms with Crippen molar-refractivity contribution in [3.8, 4) is 0 Å². The SMILES string of the molecule is Cn1cnnc1CNc1nc(N)ncc1Cl. The van der Waals surface area contributed by atoms with E-state index in [1.54, 1.807) is 10.9 Å². The third-order valence-electron chi connectivity index (χ3n) is 1.98. The summed E-state index contributed by atoms with van der Waals surface area (Å²) in [6.45, 7) is 0.465. The van der Waals surface area contributed by atoms with Crippen molar-refractivity contribution in [3.63, 3.8) is 0 Å². The van der Waals surface area contributed by atoms with Crippen LogP contribution in [0.25, 0.3) is 0 Å². The van der Waals surface area contributed by atoms with Crippen molar-refractivity contribution in [3.05, 3.63) is 23.4 Å². The van der Waals surface area contributed by atoms with Gasteiger partial charge in [-0.05, 0) is 0 Å². The Morgan fingerprint density at radius 1 is 1.56 bits per heavy atom. The number of anilines is 2. The van der Waals surface area contributed by atoms with Crippen molar-refractivity contribution in [1.29, 1.82) is 0 Å². The van der Waals surface area contributed by atoms with Gasteiger partial charge in [-0.2, -0.15) is 4.98 Å². The Bertz CT molecular complexity index is 495. The number of nitrogen functional groups attached to an aromatic ring is 1. The highest BCUT2D eigenvalue weighted by molar-refractivity contribution is 6.32. The third-order valence-corrected chi connectivity index (χ3v) is 2.26. The number of aryl methyl sites for hydroxylation is 1. The first-order valence-electron chi connectivity index (χ1n) is 4.51. The predicted molar refractivity (Wildman–Crippen MR) is 59.8 cm³/mol. The van der Waals surface area contributed by atoms with Crippen molar-refractivity contribution < 1.29 is 0 Å². The Morgan fingerprint density at radius 2 is 2.38 bits per heavy atom. The van der Waals surface area contributed by atoms with Gasteiger partial charge in [0.25, 0.3) is 0 Å². The molecular formula is C8H10ClN7. The minimum absolute atomic E-state index is 0.171. The first-order chi connectivity index (χ1) is 7.66. The van der Waals surface area contributed by atoms with Crippen LogP contribution in [0.15, 0.2) is 12.5 Å². The van der Waals surface area contributed by atoms with Crippen molar-refractivity contribution in [1.82, 2.24) is 24.7 Å². The molecule has 0 aliphatic carbocycles. The Balaban J connectivity index is 2.10. The second-order valence-corrected chi connectivity index (χ2v) is 3.54. The summed E-state index contributed by atoms with van der Waals surface area (Å²) in [6, 6.07) is 0. The second-order valence-electron chi connectivity index (χ2n) is 3.14. The van der Waals surface area contributed by atoms with Crippen LogP contribution in [0, 0.1) is 0 Å². The van der Waals surface area contributed by atoms with E-state index in [1.165, 1.54) is 6.20 Å². The monoisotopic (exact) mass is 239 g/mol. The summed E-state index contributed by atoms with van der Waals surface area (Å²) in [4.78, 5) is 7.73. The van der Waals surface area contributed by atoms with E-state index in [1.807, 2.05) is 7.05 Å². The molecule has 2 aromatic heterocycles. The fourth-order valence-corrected chi connectivity index (χ4v) is 1.29. The molecule has 84 valence electrons. The molecular weight excluding hydrogens is 230 g/mol. The summed E-state index contributed by atoms with van der Waals surface area (Å²) in [5.74, 6) is 1.43. The largest absolute Gasteiger partial charge is 0.368 e. The zero-order valence-corrected chi connectivity index (χ0v) is 9.31. The number of nitrogens with one attached hydrogen (secondary N) is 1. The molecule has 2 rings (SSSR count). The van der Waals surface area contributed by atoms with E-state index >= 15 is 0 Å². The van der Waals surface area contributed by atoms with E-state index in [0.717, 1.165) is 5.82 Å². The number of nitrogens with zero attached hydrogens (tertiary/aromatic N) is 5. The highest BCUT2D eigenvalue weighted by Crippen LogP contribution is 2.18. The number of aromatic nitrogens is 5. The lowest BCUT2D eigenvalue weighted by molar-refractivity contribution is 0.810. The minimum atomic E-state index is 0.171. The normalized spacial score (nSPS) is 10.4. The molecule has 0 saturated heterocycles. The minimum Gasteiger partial charge on any atom is -0.368 e. The molecule has 0 bridgehead atoms. The quantitative estimate of drug-likeness (QED) is 0.808. The first kappa shape index (κ1) is 10.6. The molecule has 0 aliphatic rings. The zero-order valence-electron chi connectivity index (χ0n) is 8.55. The summed E-state index contributed by atoms with van der Waals surface area (Å²) < 4.78 is 1.80. The smallest absolute Gasteiger partial charge is 0.222 e. The molecule has 2 aromatic rings. The maximum atomic E-state index is 5.89. The summed E-state index contributed by atoms with van der Waals surface area (Å²) in [5, 5.41) is 11.1. The van der Waals surface area contributed by atoms with Crippen LogP contribution in [0.2, 0.25) is 5.02 Å². The molecule has 3 N–H and O–H groups in total. The summed E-state index contributed by atoms with van der Waals surface area (Å²) in [6.07, 6.45) is 3.07. The van der Waals surface area contributed by atoms with Gasteiger partial charge < -0.3 is 15.6 Å². The topological polar surface area (TPSA) is 94.5 Å². The summed E-state index contributed by atoms with van der Waals surface area (Å²) in [5.41, 5.74) is 5.45. The van der Waals surface area contributed by atoms with E-state index in [0.29, 0.717) is 17.4 Å². The van der Waals surface area contributed by atoms with E-state index in [4.69, 9.17) is 17.3 Å². The Labute approximate surface area is 96.7 Å². The second kappa shape index (κ2) is 4.31. The number of halogens is 1. The highest BCUT2D eigenvalue weighted by Gasteiger charge is 2.05. The summed E-state index contributed by atoms with van der Waals surface area (Å²) in [7, 11) is 1.85. The maximum Gasteiger partial charge on any atom is 0.222 e. The van der Waals surface area contributed by atoms with Crippen molar-refractivity contribution >= 4 is 23.4 Å². The molecule has 0 spiro atoms. The van der Waals surface area contributed by atoms with E-state index in [9.17, 15) is 0 Å². The van der Waals surface area contributed by atoms with Crippen molar-refractivity contribution in [2.24, 2.45) is 7.05 Å². The van der Waals surface area contributed by atoms with Crippen LogP contribution < -0.4 is 11.1 Å². The Morgan fingerprint density at radius 3 is 3.06 bits per heavy atom. The molecule has 0 aromatic carbocycles. The number of rotatable bonds is 3. The van der Waals surface area contributed by atoms with Crippen LogP contribution in [0.3, 0.4) is 0 Å². The number of nitrogens with two attached hydrogens (primary N) is 1. The molecule has 0 atom stereocenters. The van der Waals surface area contributed by atoms with Gasteiger partial charge in [-0.1, -0.05) is 11.6 Å². The van der Waals surface area contributed by atoms with Gasteiger partial charge >= 0.3 is 0 Å². The molecule has 0 radical (unpaired) electrons. The van der Waals surface area contributed by atoms with E-state index < -0.39 is 0 Å². The summed E-state index contributed by atoms with van der Waals surface area (Å²) >= 11 is 5.89. The average Bonchev–Trinajstić information content (AvgIpc) is 2.66. The predicted octanol–water partition coefficient (Wildman–Crippen LogP) is 0.453. The van der Waals surface area contributed by atoms with Crippen molar-refractivity contribution in [2.75, 3.05) is 11.1 Å². The molecule has 0 fully saturated rings. The molecule has 0 aliphatic heterocycles. The van der Waals surface area contributed by atoms with Crippen LogP contribution >= 0.6 is 11.6 Å². The van der Waals surface area contributed by atoms with Crippen LogP contribution in [0.4, 0.5) is 11.8 Å². The maximum absolute atomic E-state index is 5.89. The lowest BCUT2D eigenvalue weighted by Crippen LogP contribution is -2.08. The fourth-order valence-electron chi connectivity index (χ4n) is 1.13. The molecule has 0 saturated carbocycles. The van der Waals surface area contributed by atoms with Crippen LogP contribution in [-0.2, 0) is 13.6 Å². The van der Waals surface area contributed by atoms with Gasteiger partial charge in [0.2, 0.25) is 5.95 Å².